The number of pyridine rings is 1. The maximum absolute atomic E-state index is 12.8. The third kappa shape index (κ3) is 4.78. The van der Waals surface area contributed by atoms with Crippen LogP contribution in [0.5, 0.6) is 0 Å². The number of hydrogen-bond acceptors (Lipinski definition) is 5. The molecule has 158 valence electrons. The van der Waals surface area contributed by atoms with Gasteiger partial charge < -0.3 is 15.3 Å². The number of aliphatic hydroxyl groups is 1. The first kappa shape index (κ1) is 20.3. The van der Waals surface area contributed by atoms with Crippen LogP contribution < -0.4 is 5.32 Å². The minimum Gasteiger partial charge on any atom is -0.392 e. The van der Waals surface area contributed by atoms with Gasteiger partial charge >= 0.3 is 0 Å². The molecule has 0 spiro atoms. The summed E-state index contributed by atoms with van der Waals surface area (Å²) in [5.74, 6) is 0.522. The van der Waals surface area contributed by atoms with Crippen LogP contribution in [0.25, 0.3) is 0 Å². The van der Waals surface area contributed by atoms with E-state index in [-0.39, 0.29) is 23.9 Å². The molecule has 0 bridgehead atoms. The van der Waals surface area contributed by atoms with Crippen molar-refractivity contribution in [2.75, 3.05) is 19.6 Å². The molecule has 1 saturated carbocycles. The maximum Gasteiger partial charge on any atom is 0.237 e. The first-order valence-electron chi connectivity index (χ1n) is 11.0. The number of likely N-dealkylation sites (tertiary alicyclic amines) is 2. The van der Waals surface area contributed by atoms with E-state index in [0.717, 1.165) is 44.3 Å². The molecule has 7 heteroatoms. The summed E-state index contributed by atoms with van der Waals surface area (Å²) in [6, 6.07) is 3.73. The average molecular weight is 401 g/mol. The minimum atomic E-state index is -0.470. The Morgan fingerprint density at radius 1 is 1.17 bits per heavy atom. The molecule has 2 atom stereocenters. The second-order valence-electron chi connectivity index (χ2n) is 8.72. The Morgan fingerprint density at radius 2 is 1.93 bits per heavy atom. The van der Waals surface area contributed by atoms with Gasteiger partial charge in [0.25, 0.3) is 0 Å². The smallest absolute Gasteiger partial charge is 0.237 e. The van der Waals surface area contributed by atoms with Crippen molar-refractivity contribution in [2.45, 2.75) is 69.7 Å². The number of β-amino-alcohol motifs (C(OH)–C–C–N with tert-alkyl or cyclic N) is 1. The summed E-state index contributed by atoms with van der Waals surface area (Å²) in [6.45, 7) is 2.50. The molecule has 29 heavy (non-hydrogen) atoms. The van der Waals surface area contributed by atoms with Crippen LogP contribution in [-0.2, 0) is 16.1 Å². The molecule has 0 aromatic carbocycles. The van der Waals surface area contributed by atoms with Gasteiger partial charge in [0, 0.05) is 50.5 Å². The van der Waals surface area contributed by atoms with Crippen molar-refractivity contribution in [2.24, 2.45) is 5.92 Å². The summed E-state index contributed by atoms with van der Waals surface area (Å²) in [7, 11) is 0. The second kappa shape index (κ2) is 9.22. The molecule has 7 nitrogen and oxygen atoms in total. The van der Waals surface area contributed by atoms with Gasteiger partial charge in [0.15, 0.2) is 0 Å². The van der Waals surface area contributed by atoms with E-state index in [9.17, 15) is 14.7 Å². The van der Waals surface area contributed by atoms with Gasteiger partial charge in [-0.2, -0.15) is 0 Å². The van der Waals surface area contributed by atoms with E-state index < -0.39 is 6.10 Å². The second-order valence-corrected chi connectivity index (χ2v) is 8.72. The largest absolute Gasteiger partial charge is 0.392 e. The van der Waals surface area contributed by atoms with Gasteiger partial charge in [-0.15, -0.1) is 0 Å². The Morgan fingerprint density at radius 3 is 2.62 bits per heavy atom. The number of rotatable bonds is 5. The monoisotopic (exact) mass is 400 g/mol. The minimum absolute atomic E-state index is 0.0325. The number of aliphatic hydroxyl groups excluding tert-OH is 1. The van der Waals surface area contributed by atoms with Crippen LogP contribution in [0.15, 0.2) is 24.5 Å². The van der Waals surface area contributed by atoms with Gasteiger partial charge in [-0.25, -0.2) is 0 Å². The van der Waals surface area contributed by atoms with E-state index in [4.69, 9.17) is 0 Å². The van der Waals surface area contributed by atoms with E-state index in [0.29, 0.717) is 25.4 Å². The molecule has 4 rings (SSSR count). The van der Waals surface area contributed by atoms with Gasteiger partial charge in [-0.1, -0.05) is 18.9 Å². The molecule has 0 radical (unpaired) electrons. The molecular formula is C22H32N4O3. The van der Waals surface area contributed by atoms with Crippen LogP contribution in [0.2, 0.25) is 0 Å². The SMILES string of the molecule is O=C(NCc1cccnc1)[C@@H]1C[C@@H](O)CN1C1CCN(C(=O)C2CCCC2)CC1. The molecule has 2 amide bonds. The Kier molecular flexibility index (Phi) is 6.45. The zero-order valence-corrected chi connectivity index (χ0v) is 17.0. The van der Waals surface area contributed by atoms with Crippen molar-refractivity contribution in [3.8, 4) is 0 Å². The summed E-state index contributed by atoms with van der Waals surface area (Å²) in [4.78, 5) is 33.8. The van der Waals surface area contributed by atoms with Crippen molar-refractivity contribution in [3.05, 3.63) is 30.1 Å². The molecule has 1 aromatic rings. The van der Waals surface area contributed by atoms with E-state index in [1.807, 2.05) is 17.0 Å². The summed E-state index contributed by atoms with van der Waals surface area (Å²) >= 11 is 0. The molecular weight excluding hydrogens is 368 g/mol. The lowest BCUT2D eigenvalue weighted by Crippen LogP contribution is -2.52. The van der Waals surface area contributed by atoms with E-state index in [2.05, 4.69) is 15.2 Å². The molecule has 3 heterocycles. The van der Waals surface area contributed by atoms with E-state index in [1.165, 1.54) is 12.8 Å². The fraction of sp³-hybridized carbons (Fsp3) is 0.682. The molecule has 2 aliphatic heterocycles. The topological polar surface area (TPSA) is 85.8 Å². The summed E-state index contributed by atoms with van der Waals surface area (Å²) < 4.78 is 0. The fourth-order valence-electron chi connectivity index (χ4n) is 5.16. The highest BCUT2D eigenvalue weighted by Crippen LogP contribution is 2.30. The maximum atomic E-state index is 12.8. The summed E-state index contributed by atoms with van der Waals surface area (Å²) in [6.07, 6.45) is 9.63. The Labute approximate surface area is 172 Å². The highest BCUT2D eigenvalue weighted by molar-refractivity contribution is 5.82. The van der Waals surface area contributed by atoms with Crippen LogP contribution in [-0.4, -0.2) is 69.5 Å². The zero-order valence-electron chi connectivity index (χ0n) is 17.0. The third-order valence-electron chi connectivity index (χ3n) is 6.76. The quantitative estimate of drug-likeness (QED) is 0.779. The van der Waals surface area contributed by atoms with E-state index in [1.54, 1.807) is 12.4 Å². The van der Waals surface area contributed by atoms with Crippen molar-refractivity contribution in [3.63, 3.8) is 0 Å². The number of piperidine rings is 1. The van der Waals surface area contributed by atoms with Crippen molar-refractivity contribution in [1.82, 2.24) is 20.1 Å². The standard InChI is InChI=1S/C22H32N4O3/c27-19-12-20(21(28)24-14-16-4-3-9-23-13-16)26(15-19)18-7-10-25(11-8-18)22(29)17-5-1-2-6-17/h3-4,9,13,17-20,27H,1-2,5-8,10-12,14-15H2,(H,24,28)/t19-,20+/m1/s1. The molecule has 3 aliphatic rings. The highest BCUT2D eigenvalue weighted by Gasteiger charge is 2.41. The Hall–Kier alpha value is -1.99. The van der Waals surface area contributed by atoms with Crippen LogP contribution in [0, 0.1) is 5.92 Å². The number of aromatic nitrogens is 1. The molecule has 0 unspecified atom stereocenters. The first-order chi connectivity index (χ1) is 14.1. The predicted molar refractivity (Wildman–Crippen MR) is 109 cm³/mol. The average Bonchev–Trinajstić information content (AvgIpc) is 3.42. The van der Waals surface area contributed by atoms with Crippen molar-refractivity contribution in [1.29, 1.82) is 0 Å². The van der Waals surface area contributed by atoms with Gasteiger partial charge in [0.1, 0.15) is 0 Å². The third-order valence-corrected chi connectivity index (χ3v) is 6.76. The molecule has 2 N–H and O–H groups in total. The number of amides is 2. The zero-order chi connectivity index (χ0) is 20.2. The van der Waals surface area contributed by atoms with Crippen molar-refractivity contribution < 1.29 is 14.7 Å². The van der Waals surface area contributed by atoms with Gasteiger partial charge in [-0.05, 0) is 43.7 Å². The first-order valence-corrected chi connectivity index (χ1v) is 11.0. The fourth-order valence-corrected chi connectivity index (χ4v) is 5.16. The molecule has 1 aromatic heterocycles. The van der Waals surface area contributed by atoms with Gasteiger partial charge in [-0.3, -0.25) is 19.5 Å². The lowest BCUT2D eigenvalue weighted by Gasteiger charge is -2.39. The van der Waals surface area contributed by atoms with Crippen molar-refractivity contribution >= 4 is 11.8 Å². The van der Waals surface area contributed by atoms with Crippen LogP contribution >= 0.6 is 0 Å². The summed E-state index contributed by atoms with van der Waals surface area (Å²) in [5.41, 5.74) is 0.963. The predicted octanol–water partition coefficient (Wildman–Crippen LogP) is 1.31. The van der Waals surface area contributed by atoms with Gasteiger partial charge in [0.2, 0.25) is 11.8 Å². The normalized spacial score (nSPS) is 26.7. The van der Waals surface area contributed by atoms with Gasteiger partial charge in [0.05, 0.1) is 12.1 Å². The van der Waals surface area contributed by atoms with E-state index >= 15 is 0 Å². The number of nitrogens with one attached hydrogen (secondary N) is 1. The molecule has 1 aliphatic carbocycles. The Balaban J connectivity index is 1.31. The van der Waals surface area contributed by atoms with Crippen LogP contribution in [0.3, 0.4) is 0 Å². The van der Waals surface area contributed by atoms with Crippen LogP contribution in [0.4, 0.5) is 0 Å². The lowest BCUT2D eigenvalue weighted by molar-refractivity contribution is -0.137. The number of carbonyl (C=O) groups is 2. The number of nitrogens with zero attached hydrogens (tertiary/aromatic N) is 3. The molecule has 2 saturated heterocycles. The summed E-state index contributed by atoms with van der Waals surface area (Å²) in [5, 5.41) is 13.2. The van der Waals surface area contributed by atoms with Crippen LogP contribution in [0.1, 0.15) is 50.5 Å². The number of hydrogen-bond donors (Lipinski definition) is 2. The molecule has 3 fully saturated rings. The lowest BCUT2D eigenvalue weighted by atomic mass is 9.99. The highest BCUT2D eigenvalue weighted by atomic mass is 16.3. The number of carbonyl (C=O) groups excluding carboxylic acids is 2. The Bertz CT molecular complexity index is 699.